The minimum Gasteiger partial charge on any atom is -0.192 e. The van der Waals surface area contributed by atoms with Crippen LogP contribution >= 0.6 is 0 Å². The van der Waals surface area contributed by atoms with Crippen molar-refractivity contribution in [2.45, 2.75) is 5.92 Å². The maximum Gasteiger partial charge on any atom is 0.100 e. The van der Waals surface area contributed by atoms with Gasteiger partial charge in [0.2, 0.25) is 0 Å². The molecule has 2 aliphatic rings. The Labute approximate surface area is 321 Å². The molecule has 11 rings (SSSR count). The van der Waals surface area contributed by atoms with Crippen LogP contribution in [0.25, 0.3) is 88.7 Å². The molecular formula is C54H33N. The molecular weight excluding hydrogens is 663 g/mol. The average molecular weight is 696 g/mol. The first-order valence-electron chi connectivity index (χ1n) is 18.9. The zero-order chi connectivity index (χ0) is 36.5. The van der Waals surface area contributed by atoms with E-state index in [4.69, 9.17) is 0 Å². The van der Waals surface area contributed by atoms with Crippen molar-refractivity contribution in [1.82, 2.24) is 0 Å². The highest BCUT2D eigenvalue weighted by atomic mass is 14.4. The lowest BCUT2D eigenvalue weighted by atomic mass is 9.78. The first kappa shape index (κ1) is 31.3. The molecule has 9 aromatic carbocycles. The van der Waals surface area contributed by atoms with Crippen molar-refractivity contribution in [3.8, 4) is 84.0 Å². The van der Waals surface area contributed by atoms with Gasteiger partial charge in [-0.1, -0.05) is 188 Å². The van der Waals surface area contributed by atoms with Crippen molar-refractivity contribution in [3.05, 3.63) is 216 Å². The van der Waals surface area contributed by atoms with E-state index in [-0.39, 0.29) is 5.92 Å². The summed E-state index contributed by atoms with van der Waals surface area (Å²) in [6.45, 7) is 0. The van der Waals surface area contributed by atoms with E-state index in [1.165, 1.54) is 60.8 Å². The van der Waals surface area contributed by atoms with E-state index in [1.807, 2.05) is 6.07 Å². The molecule has 2 aliphatic carbocycles. The SMILES string of the molecule is N#Cc1c(-c2ccc(-c3ccc4c(c3)-c3ccccc3C4c3ccccc3)cc2)c(-c2ccccc2)c2c(c1-c1ccccc1)-c1cccc3cccc-2c13. The standard InChI is InChI=1S/C54H33N/c55-33-47-50(39-28-26-34(27-29-39)40-30-31-43-46(32-40)41-22-10-11-23-42(41)48(43)35-14-4-1-5-15-35)52(38-18-8-3-9-19-38)54-45-25-13-21-36-20-12-24-44(49(36)45)53(54)51(47)37-16-6-2-7-17-37/h1-32,48H. The van der Waals surface area contributed by atoms with Gasteiger partial charge in [-0.2, -0.15) is 5.26 Å². The molecule has 0 saturated carbocycles. The van der Waals surface area contributed by atoms with Crippen molar-refractivity contribution in [3.63, 3.8) is 0 Å². The van der Waals surface area contributed by atoms with Crippen LogP contribution in [0, 0.1) is 11.3 Å². The molecule has 0 heterocycles. The van der Waals surface area contributed by atoms with Crippen LogP contribution in [-0.2, 0) is 0 Å². The van der Waals surface area contributed by atoms with E-state index < -0.39 is 0 Å². The van der Waals surface area contributed by atoms with E-state index in [0.717, 1.165) is 44.5 Å². The van der Waals surface area contributed by atoms with Crippen LogP contribution in [0.5, 0.6) is 0 Å². The van der Waals surface area contributed by atoms with Gasteiger partial charge in [-0.15, -0.1) is 0 Å². The highest BCUT2D eigenvalue weighted by Crippen LogP contribution is 2.58. The minimum absolute atomic E-state index is 0.222. The summed E-state index contributed by atoms with van der Waals surface area (Å²) in [5, 5.41) is 13.7. The van der Waals surface area contributed by atoms with Crippen LogP contribution < -0.4 is 0 Å². The molecule has 0 amide bonds. The van der Waals surface area contributed by atoms with Crippen molar-refractivity contribution in [2.75, 3.05) is 0 Å². The van der Waals surface area contributed by atoms with Crippen LogP contribution in [0.4, 0.5) is 0 Å². The lowest BCUT2D eigenvalue weighted by molar-refractivity contribution is 1.02. The molecule has 1 atom stereocenters. The number of fused-ring (bicyclic) bond motifs is 6. The van der Waals surface area contributed by atoms with E-state index in [9.17, 15) is 5.26 Å². The van der Waals surface area contributed by atoms with Crippen LogP contribution in [0.2, 0.25) is 0 Å². The summed E-state index contributed by atoms with van der Waals surface area (Å²) in [6, 6.07) is 72.6. The number of hydrogen-bond donors (Lipinski definition) is 0. The predicted molar refractivity (Wildman–Crippen MR) is 228 cm³/mol. The molecule has 1 heteroatoms. The van der Waals surface area contributed by atoms with Crippen LogP contribution in [-0.4, -0.2) is 0 Å². The highest BCUT2D eigenvalue weighted by Gasteiger charge is 2.34. The van der Waals surface area contributed by atoms with Crippen molar-refractivity contribution in [2.24, 2.45) is 0 Å². The lowest BCUT2D eigenvalue weighted by Gasteiger charge is -2.23. The minimum atomic E-state index is 0.222. The Hall–Kier alpha value is -7.27. The van der Waals surface area contributed by atoms with Gasteiger partial charge >= 0.3 is 0 Å². The number of rotatable bonds is 5. The van der Waals surface area contributed by atoms with Gasteiger partial charge in [-0.05, 0) is 100 Å². The summed E-state index contributed by atoms with van der Waals surface area (Å²) in [4.78, 5) is 0. The maximum atomic E-state index is 11.3. The summed E-state index contributed by atoms with van der Waals surface area (Å²) in [5.41, 5.74) is 20.6. The molecule has 0 N–H and O–H groups in total. The molecule has 1 nitrogen and oxygen atoms in total. The van der Waals surface area contributed by atoms with E-state index in [0.29, 0.717) is 5.56 Å². The van der Waals surface area contributed by atoms with Gasteiger partial charge in [-0.3, -0.25) is 0 Å². The lowest BCUT2D eigenvalue weighted by Crippen LogP contribution is -1.99. The zero-order valence-electron chi connectivity index (χ0n) is 30.0. The van der Waals surface area contributed by atoms with Gasteiger partial charge in [0.1, 0.15) is 6.07 Å². The largest absolute Gasteiger partial charge is 0.192 e. The summed E-state index contributed by atoms with van der Waals surface area (Å²) in [5.74, 6) is 0.222. The monoisotopic (exact) mass is 695 g/mol. The number of benzene rings is 9. The van der Waals surface area contributed by atoms with Gasteiger partial charge in [0.05, 0.1) is 5.56 Å². The molecule has 0 aromatic heterocycles. The maximum absolute atomic E-state index is 11.3. The molecule has 0 fully saturated rings. The Morgan fingerprint density at radius 3 is 1.51 bits per heavy atom. The highest BCUT2D eigenvalue weighted by molar-refractivity contribution is 6.23. The Morgan fingerprint density at radius 2 is 0.836 bits per heavy atom. The smallest absolute Gasteiger partial charge is 0.100 e. The molecule has 55 heavy (non-hydrogen) atoms. The van der Waals surface area contributed by atoms with Gasteiger partial charge in [0.15, 0.2) is 0 Å². The molecule has 0 spiro atoms. The van der Waals surface area contributed by atoms with E-state index in [2.05, 4.69) is 194 Å². The number of nitriles is 1. The molecule has 0 bridgehead atoms. The Kier molecular flexibility index (Phi) is 7.06. The molecule has 0 saturated heterocycles. The second-order valence-electron chi connectivity index (χ2n) is 14.6. The topological polar surface area (TPSA) is 23.8 Å². The van der Waals surface area contributed by atoms with Gasteiger partial charge in [0.25, 0.3) is 0 Å². The Balaban J connectivity index is 1.13. The fourth-order valence-electron chi connectivity index (χ4n) is 9.45. The molecule has 1 unspecified atom stereocenters. The van der Waals surface area contributed by atoms with E-state index in [1.54, 1.807) is 0 Å². The summed E-state index contributed by atoms with van der Waals surface area (Å²) >= 11 is 0. The third-order valence-electron chi connectivity index (χ3n) is 11.7. The third kappa shape index (κ3) is 4.72. The van der Waals surface area contributed by atoms with Gasteiger partial charge in [-0.25, -0.2) is 0 Å². The predicted octanol–water partition coefficient (Wildman–Crippen LogP) is 14.2. The van der Waals surface area contributed by atoms with Crippen molar-refractivity contribution < 1.29 is 0 Å². The Morgan fingerprint density at radius 1 is 0.345 bits per heavy atom. The van der Waals surface area contributed by atoms with Crippen LogP contribution in [0.3, 0.4) is 0 Å². The van der Waals surface area contributed by atoms with E-state index >= 15 is 0 Å². The first-order valence-corrected chi connectivity index (χ1v) is 18.9. The van der Waals surface area contributed by atoms with Crippen molar-refractivity contribution >= 4 is 10.8 Å². The third-order valence-corrected chi connectivity index (χ3v) is 11.7. The summed E-state index contributed by atoms with van der Waals surface area (Å²) in [7, 11) is 0. The normalized spacial score (nSPS) is 13.3. The van der Waals surface area contributed by atoms with Crippen LogP contribution in [0.15, 0.2) is 194 Å². The fourth-order valence-corrected chi connectivity index (χ4v) is 9.45. The van der Waals surface area contributed by atoms with Gasteiger partial charge in [0, 0.05) is 17.0 Å². The zero-order valence-corrected chi connectivity index (χ0v) is 30.0. The van der Waals surface area contributed by atoms with Crippen molar-refractivity contribution in [1.29, 1.82) is 5.26 Å². The van der Waals surface area contributed by atoms with Gasteiger partial charge < -0.3 is 0 Å². The fraction of sp³-hybridized carbons (Fsp3) is 0.0185. The Bertz CT molecular complexity index is 3000. The summed E-state index contributed by atoms with van der Waals surface area (Å²) in [6.07, 6.45) is 0. The molecule has 254 valence electrons. The summed E-state index contributed by atoms with van der Waals surface area (Å²) < 4.78 is 0. The number of nitrogens with zero attached hydrogens (tertiary/aromatic N) is 1. The quantitative estimate of drug-likeness (QED) is 0.176. The molecule has 9 aromatic rings. The second kappa shape index (κ2) is 12.4. The molecule has 0 radical (unpaired) electrons. The average Bonchev–Trinajstić information content (AvgIpc) is 3.77. The molecule has 0 aliphatic heterocycles. The number of hydrogen-bond acceptors (Lipinski definition) is 1. The first-order chi connectivity index (χ1) is 27.3. The van der Waals surface area contributed by atoms with Crippen LogP contribution in [0.1, 0.15) is 28.2 Å². The second-order valence-corrected chi connectivity index (χ2v) is 14.6.